The lowest BCUT2D eigenvalue weighted by Gasteiger charge is -2.29. The largest absolute Gasteiger partial charge is 0.484 e. The third-order valence-corrected chi connectivity index (χ3v) is 5.49. The SMILES string of the molecule is CC(C)(C)C(=O)COc1ccc2nc1CN(CC(=O)O)CCN(CC(=O)O)CCN(CC(=O)O)C2. The van der Waals surface area contributed by atoms with E-state index in [1.54, 1.807) is 47.6 Å². The Labute approximate surface area is 204 Å². The second-order valence-corrected chi connectivity index (χ2v) is 9.59. The van der Waals surface area contributed by atoms with Gasteiger partial charge in [-0.1, -0.05) is 20.8 Å². The van der Waals surface area contributed by atoms with Crippen molar-refractivity contribution < 1.29 is 39.2 Å². The van der Waals surface area contributed by atoms with E-state index in [4.69, 9.17) is 4.74 Å². The zero-order valence-corrected chi connectivity index (χ0v) is 20.4. The number of carboxylic acids is 3. The molecule has 1 aliphatic heterocycles. The van der Waals surface area contributed by atoms with E-state index in [0.29, 0.717) is 23.7 Å². The van der Waals surface area contributed by atoms with Crippen molar-refractivity contribution in [3.63, 3.8) is 0 Å². The highest BCUT2D eigenvalue weighted by Crippen LogP contribution is 2.22. The number of aliphatic carboxylic acids is 3. The Morgan fingerprint density at radius 1 is 0.829 bits per heavy atom. The van der Waals surface area contributed by atoms with Gasteiger partial charge in [-0.2, -0.15) is 0 Å². The van der Waals surface area contributed by atoms with Crippen molar-refractivity contribution in [1.29, 1.82) is 0 Å². The molecule has 2 bridgehead atoms. The van der Waals surface area contributed by atoms with Crippen LogP contribution < -0.4 is 4.74 Å². The molecule has 3 N–H and O–H groups in total. The number of carboxylic acid groups (broad SMARTS) is 3. The standard InChI is InChI=1S/C23H34N4O8/c1-23(2,3)19(28)15-35-18-5-4-16-10-26(13-21(31)32)8-6-25(12-20(29)30)7-9-27(14-22(33)34)11-17(18)24-16/h4-5H,6-15H2,1-3H3,(H,29,30)(H,31,32)(H,33,34). The van der Waals surface area contributed by atoms with Crippen LogP contribution in [0.2, 0.25) is 0 Å². The molecule has 194 valence electrons. The summed E-state index contributed by atoms with van der Waals surface area (Å²) in [6, 6.07) is 3.34. The fourth-order valence-electron chi connectivity index (χ4n) is 3.50. The number of rotatable bonds is 9. The summed E-state index contributed by atoms with van der Waals surface area (Å²) in [4.78, 5) is 56.1. The number of hydrogen-bond donors (Lipinski definition) is 3. The van der Waals surface area contributed by atoms with Crippen LogP contribution in [0.1, 0.15) is 32.2 Å². The summed E-state index contributed by atoms with van der Waals surface area (Å²) >= 11 is 0. The van der Waals surface area contributed by atoms with Crippen LogP contribution in [0, 0.1) is 5.41 Å². The number of carbonyl (C=O) groups is 4. The summed E-state index contributed by atoms with van der Waals surface area (Å²) in [5.41, 5.74) is 0.382. The van der Waals surface area contributed by atoms with Gasteiger partial charge in [0, 0.05) is 44.7 Å². The van der Waals surface area contributed by atoms with Crippen molar-refractivity contribution in [1.82, 2.24) is 19.7 Å². The minimum absolute atomic E-state index is 0.0963. The Kier molecular flexibility index (Phi) is 10.1. The van der Waals surface area contributed by atoms with Crippen molar-refractivity contribution in [2.75, 3.05) is 52.4 Å². The first-order chi connectivity index (χ1) is 16.3. The third kappa shape index (κ3) is 9.97. The highest BCUT2D eigenvalue weighted by atomic mass is 16.5. The van der Waals surface area contributed by atoms with E-state index in [-0.39, 0.29) is 64.7 Å². The fourth-order valence-corrected chi connectivity index (χ4v) is 3.50. The lowest BCUT2D eigenvalue weighted by atomic mass is 9.91. The van der Waals surface area contributed by atoms with Gasteiger partial charge in [0.25, 0.3) is 0 Å². The first-order valence-electron chi connectivity index (χ1n) is 11.3. The average molecular weight is 495 g/mol. The van der Waals surface area contributed by atoms with Crippen molar-refractivity contribution in [2.45, 2.75) is 33.9 Å². The number of aromatic nitrogens is 1. The fraction of sp³-hybridized carbons (Fsp3) is 0.609. The second-order valence-electron chi connectivity index (χ2n) is 9.59. The summed E-state index contributed by atoms with van der Waals surface area (Å²) in [6.07, 6.45) is 0. The monoisotopic (exact) mass is 494 g/mol. The number of ether oxygens (including phenoxy) is 1. The van der Waals surface area contributed by atoms with E-state index in [1.165, 1.54) is 0 Å². The minimum Gasteiger partial charge on any atom is -0.484 e. The van der Waals surface area contributed by atoms with E-state index in [1.807, 2.05) is 0 Å². The van der Waals surface area contributed by atoms with Crippen LogP contribution in [0.5, 0.6) is 5.75 Å². The van der Waals surface area contributed by atoms with E-state index < -0.39 is 23.3 Å². The average Bonchev–Trinajstić information content (AvgIpc) is 2.72. The van der Waals surface area contributed by atoms with E-state index >= 15 is 0 Å². The van der Waals surface area contributed by atoms with Crippen LogP contribution in [0.4, 0.5) is 0 Å². The number of nitrogens with zero attached hydrogens (tertiary/aromatic N) is 4. The van der Waals surface area contributed by atoms with Crippen LogP contribution in [0.25, 0.3) is 0 Å². The summed E-state index contributed by atoms with van der Waals surface area (Å²) in [7, 11) is 0. The molecule has 0 radical (unpaired) electrons. The molecule has 0 unspecified atom stereocenters. The number of ketones is 1. The van der Waals surface area contributed by atoms with Gasteiger partial charge in [-0.05, 0) is 12.1 Å². The molecule has 0 fully saturated rings. The molecule has 0 saturated heterocycles. The normalized spacial score (nSPS) is 16.7. The molecule has 0 aromatic carbocycles. The molecule has 0 saturated carbocycles. The predicted octanol–water partition coefficient (Wildman–Crippen LogP) is 0.249. The molecule has 2 heterocycles. The second kappa shape index (κ2) is 12.6. The molecule has 0 amide bonds. The minimum atomic E-state index is -1.05. The van der Waals surface area contributed by atoms with Crippen LogP contribution in [0.15, 0.2) is 12.1 Å². The maximum Gasteiger partial charge on any atom is 0.317 e. The molecule has 1 aliphatic rings. The van der Waals surface area contributed by atoms with Gasteiger partial charge < -0.3 is 20.1 Å². The number of Topliss-reactive ketones (excluding diaryl/α,β-unsaturated/α-hetero) is 1. The van der Waals surface area contributed by atoms with Gasteiger partial charge in [-0.15, -0.1) is 0 Å². The van der Waals surface area contributed by atoms with Crippen LogP contribution >= 0.6 is 0 Å². The van der Waals surface area contributed by atoms with Crippen molar-refractivity contribution in [2.24, 2.45) is 5.41 Å². The van der Waals surface area contributed by atoms with E-state index in [0.717, 1.165) is 0 Å². The summed E-state index contributed by atoms with van der Waals surface area (Å²) in [6.45, 7) is 5.76. The smallest absolute Gasteiger partial charge is 0.317 e. The molecular weight excluding hydrogens is 460 g/mol. The van der Waals surface area contributed by atoms with Gasteiger partial charge in [-0.3, -0.25) is 38.9 Å². The number of hydrogen-bond acceptors (Lipinski definition) is 9. The first-order valence-corrected chi connectivity index (χ1v) is 11.3. The summed E-state index contributed by atoms with van der Waals surface area (Å²) < 4.78 is 5.77. The molecule has 35 heavy (non-hydrogen) atoms. The number of carbonyl (C=O) groups excluding carboxylic acids is 1. The van der Waals surface area contributed by atoms with E-state index in [9.17, 15) is 34.5 Å². The van der Waals surface area contributed by atoms with Crippen LogP contribution in [-0.2, 0) is 32.3 Å². The van der Waals surface area contributed by atoms with Gasteiger partial charge in [0.2, 0.25) is 0 Å². The summed E-state index contributed by atoms with van der Waals surface area (Å²) in [5, 5.41) is 28.0. The molecular formula is C23H34N4O8. The quantitative estimate of drug-likeness (QED) is 0.430. The Morgan fingerprint density at radius 2 is 1.31 bits per heavy atom. The van der Waals surface area contributed by atoms with Gasteiger partial charge in [0.15, 0.2) is 5.78 Å². The van der Waals surface area contributed by atoms with Crippen LogP contribution in [-0.4, -0.2) is 111 Å². The molecule has 12 nitrogen and oxygen atoms in total. The Balaban J connectivity index is 2.38. The number of fused-ring (bicyclic) bond motifs is 2. The number of pyridine rings is 1. The first kappa shape index (κ1) is 28.1. The Morgan fingerprint density at radius 3 is 1.83 bits per heavy atom. The molecule has 0 spiro atoms. The lowest BCUT2D eigenvalue weighted by Crippen LogP contribution is -2.44. The zero-order valence-electron chi connectivity index (χ0n) is 20.4. The predicted molar refractivity (Wildman–Crippen MR) is 124 cm³/mol. The molecule has 0 aliphatic carbocycles. The molecule has 1 aromatic heterocycles. The van der Waals surface area contributed by atoms with Crippen LogP contribution in [0.3, 0.4) is 0 Å². The zero-order chi connectivity index (χ0) is 26.2. The Hall–Kier alpha value is -3.09. The third-order valence-electron chi connectivity index (χ3n) is 5.49. The molecule has 2 rings (SSSR count). The van der Waals surface area contributed by atoms with Gasteiger partial charge >= 0.3 is 17.9 Å². The van der Waals surface area contributed by atoms with E-state index in [2.05, 4.69) is 4.98 Å². The topological polar surface area (TPSA) is 161 Å². The van der Waals surface area contributed by atoms with Gasteiger partial charge in [-0.25, -0.2) is 0 Å². The van der Waals surface area contributed by atoms with Gasteiger partial charge in [0.05, 0.1) is 31.0 Å². The van der Waals surface area contributed by atoms with Crippen molar-refractivity contribution >= 4 is 23.7 Å². The Bertz CT molecular complexity index is 931. The van der Waals surface area contributed by atoms with Gasteiger partial charge in [0.1, 0.15) is 12.4 Å². The maximum absolute atomic E-state index is 12.4. The molecule has 1 aromatic rings. The highest BCUT2D eigenvalue weighted by molar-refractivity contribution is 5.85. The van der Waals surface area contributed by atoms with Crippen molar-refractivity contribution in [3.05, 3.63) is 23.5 Å². The lowest BCUT2D eigenvalue weighted by molar-refractivity contribution is -0.140. The summed E-state index contributed by atoms with van der Waals surface area (Å²) in [5.74, 6) is -2.86. The highest BCUT2D eigenvalue weighted by Gasteiger charge is 2.24. The molecule has 0 atom stereocenters. The molecule has 12 heteroatoms. The maximum atomic E-state index is 12.4. The van der Waals surface area contributed by atoms with Crippen molar-refractivity contribution in [3.8, 4) is 5.75 Å².